The van der Waals surface area contributed by atoms with Crippen molar-refractivity contribution >= 4 is 5.91 Å². The normalized spacial score (nSPS) is 15.0. The number of likely N-dealkylation sites (tertiary alicyclic amines) is 1. The lowest BCUT2D eigenvalue weighted by Crippen LogP contribution is -2.36. The molecule has 1 saturated heterocycles. The second-order valence-corrected chi connectivity index (χ2v) is 7.74. The zero-order valence-electron chi connectivity index (χ0n) is 19.0. The summed E-state index contributed by atoms with van der Waals surface area (Å²) in [4.78, 5) is 14.3. The number of aryl methyl sites for hydroxylation is 1. The minimum absolute atomic E-state index is 0.0799. The van der Waals surface area contributed by atoms with Crippen LogP contribution in [0.15, 0.2) is 66.7 Å². The van der Waals surface area contributed by atoms with Crippen molar-refractivity contribution in [3.05, 3.63) is 101 Å². The van der Waals surface area contributed by atoms with Gasteiger partial charge in [0.2, 0.25) is 5.91 Å². The molecule has 1 heterocycles. The zero-order valence-corrected chi connectivity index (χ0v) is 19.0. The molecule has 3 aromatic rings. The van der Waals surface area contributed by atoms with Gasteiger partial charge in [0, 0.05) is 24.6 Å². The molecular formula is C27H28F3NO2. The van der Waals surface area contributed by atoms with Crippen molar-refractivity contribution in [2.45, 2.75) is 45.8 Å². The standard InChI is InChI=1S/C25H22F3NO2.C2H6/c1-16-4-10-22(11-5-16)31-25(18-13-20(27)15-21(28)14-18)24(29-12-2-3-23(29)30)17-6-8-19(26)9-7-17;1-2/h4-11,13-15,24-25H,2-3,12H2,1H3;1-2H3/t24?,25-;/m0./s1. The summed E-state index contributed by atoms with van der Waals surface area (Å²) in [6.07, 6.45) is 0.151. The number of hydrogen-bond donors (Lipinski definition) is 0. The number of hydrogen-bond acceptors (Lipinski definition) is 2. The van der Waals surface area contributed by atoms with Crippen LogP contribution in [0.3, 0.4) is 0 Å². The third-order valence-electron chi connectivity index (χ3n) is 5.44. The number of carbonyl (C=O) groups excluding carboxylic acids is 1. The molecule has 2 atom stereocenters. The van der Waals surface area contributed by atoms with Crippen LogP contribution in [0.5, 0.6) is 5.75 Å². The van der Waals surface area contributed by atoms with E-state index in [1.54, 1.807) is 29.2 Å². The number of carbonyl (C=O) groups is 1. The quantitative estimate of drug-likeness (QED) is 0.404. The molecule has 6 heteroatoms. The van der Waals surface area contributed by atoms with Gasteiger partial charge in [0.05, 0.1) is 6.04 Å². The average Bonchev–Trinajstić information content (AvgIpc) is 3.22. The lowest BCUT2D eigenvalue weighted by atomic mass is 9.93. The van der Waals surface area contributed by atoms with Gasteiger partial charge in [-0.05, 0) is 55.3 Å². The van der Waals surface area contributed by atoms with Crippen molar-refractivity contribution in [2.75, 3.05) is 6.54 Å². The Bertz CT molecular complexity index is 1050. The van der Waals surface area contributed by atoms with Crippen molar-refractivity contribution < 1.29 is 22.7 Å². The molecule has 1 aliphatic rings. The molecule has 3 nitrogen and oxygen atoms in total. The van der Waals surface area contributed by atoms with Crippen LogP contribution < -0.4 is 4.74 Å². The number of ether oxygens (including phenoxy) is 1. The number of benzene rings is 3. The molecule has 0 spiro atoms. The van der Waals surface area contributed by atoms with E-state index < -0.39 is 29.6 Å². The van der Waals surface area contributed by atoms with Crippen LogP contribution in [0.1, 0.15) is 55.5 Å². The molecule has 1 amide bonds. The second-order valence-electron chi connectivity index (χ2n) is 7.74. The third kappa shape index (κ3) is 5.95. The van der Waals surface area contributed by atoms with Crippen molar-refractivity contribution in [2.24, 2.45) is 0 Å². The number of nitrogens with zero attached hydrogens (tertiary/aromatic N) is 1. The molecule has 0 aromatic heterocycles. The maximum Gasteiger partial charge on any atom is 0.223 e. The molecule has 174 valence electrons. The predicted molar refractivity (Wildman–Crippen MR) is 122 cm³/mol. The minimum Gasteiger partial charge on any atom is -0.483 e. The Balaban J connectivity index is 0.00000149. The highest BCUT2D eigenvalue weighted by Crippen LogP contribution is 2.40. The van der Waals surface area contributed by atoms with E-state index in [-0.39, 0.29) is 11.5 Å². The van der Waals surface area contributed by atoms with Crippen LogP contribution in [0, 0.1) is 24.4 Å². The number of amides is 1. The molecule has 1 aliphatic heterocycles. The lowest BCUT2D eigenvalue weighted by molar-refractivity contribution is -0.131. The average molecular weight is 456 g/mol. The Morgan fingerprint density at radius 3 is 1.97 bits per heavy atom. The van der Waals surface area contributed by atoms with Crippen LogP contribution in [-0.4, -0.2) is 17.4 Å². The number of halogens is 3. The first-order valence-corrected chi connectivity index (χ1v) is 11.1. The smallest absolute Gasteiger partial charge is 0.223 e. The molecule has 4 rings (SSSR count). The van der Waals surface area contributed by atoms with Crippen molar-refractivity contribution in [1.29, 1.82) is 0 Å². The summed E-state index contributed by atoms with van der Waals surface area (Å²) in [5, 5.41) is 0. The molecule has 1 unspecified atom stereocenters. The van der Waals surface area contributed by atoms with Gasteiger partial charge < -0.3 is 9.64 Å². The van der Waals surface area contributed by atoms with Gasteiger partial charge in [-0.3, -0.25) is 4.79 Å². The fourth-order valence-electron chi connectivity index (χ4n) is 3.96. The summed E-state index contributed by atoms with van der Waals surface area (Å²) in [6.45, 7) is 6.42. The first-order chi connectivity index (χ1) is 15.9. The van der Waals surface area contributed by atoms with Crippen LogP contribution in [0.25, 0.3) is 0 Å². The molecule has 0 N–H and O–H groups in total. The Hall–Kier alpha value is -3.28. The highest BCUT2D eigenvalue weighted by Gasteiger charge is 2.37. The molecule has 3 aromatic carbocycles. The van der Waals surface area contributed by atoms with Crippen LogP contribution >= 0.6 is 0 Å². The highest BCUT2D eigenvalue weighted by molar-refractivity contribution is 5.78. The van der Waals surface area contributed by atoms with Gasteiger partial charge in [-0.25, -0.2) is 13.2 Å². The molecule has 0 aliphatic carbocycles. The van der Waals surface area contributed by atoms with Gasteiger partial charge in [-0.15, -0.1) is 0 Å². The van der Waals surface area contributed by atoms with Gasteiger partial charge in [0.1, 0.15) is 29.3 Å². The van der Waals surface area contributed by atoms with Crippen molar-refractivity contribution in [1.82, 2.24) is 4.90 Å². The fourth-order valence-corrected chi connectivity index (χ4v) is 3.96. The van der Waals surface area contributed by atoms with E-state index in [0.717, 1.165) is 11.6 Å². The van der Waals surface area contributed by atoms with Gasteiger partial charge in [-0.2, -0.15) is 0 Å². The SMILES string of the molecule is CC.Cc1ccc(O[C@@H](c2cc(F)cc(F)c2)C(c2ccc(F)cc2)N2CCCC2=O)cc1. The largest absolute Gasteiger partial charge is 0.483 e. The van der Waals surface area contributed by atoms with Gasteiger partial charge in [-0.1, -0.05) is 43.7 Å². The van der Waals surface area contributed by atoms with Gasteiger partial charge in [0.15, 0.2) is 0 Å². The highest BCUT2D eigenvalue weighted by atomic mass is 19.1. The first kappa shape index (κ1) is 24.4. The van der Waals surface area contributed by atoms with Crippen LogP contribution in [0.4, 0.5) is 13.2 Å². The molecule has 0 saturated carbocycles. The van der Waals surface area contributed by atoms with E-state index in [0.29, 0.717) is 30.7 Å². The van der Waals surface area contributed by atoms with E-state index in [9.17, 15) is 18.0 Å². The Labute approximate surface area is 192 Å². The van der Waals surface area contributed by atoms with Gasteiger partial charge >= 0.3 is 0 Å². The lowest BCUT2D eigenvalue weighted by Gasteiger charge is -2.35. The summed E-state index contributed by atoms with van der Waals surface area (Å²) in [7, 11) is 0. The maximum absolute atomic E-state index is 14.1. The Morgan fingerprint density at radius 1 is 0.818 bits per heavy atom. The topological polar surface area (TPSA) is 29.5 Å². The third-order valence-corrected chi connectivity index (χ3v) is 5.44. The molecule has 33 heavy (non-hydrogen) atoms. The Morgan fingerprint density at radius 2 is 1.42 bits per heavy atom. The van der Waals surface area contributed by atoms with Gasteiger partial charge in [0.25, 0.3) is 0 Å². The summed E-state index contributed by atoms with van der Waals surface area (Å²) in [5.74, 6) is -1.47. The summed E-state index contributed by atoms with van der Waals surface area (Å²) < 4.78 is 48.1. The monoisotopic (exact) mass is 455 g/mol. The number of rotatable bonds is 6. The zero-order chi connectivity index (χ0) is 24.0. The second kappa shape index (κ2) is 11.0. The molecule has 0 bridgehead atoms. The Kier molecular flexibility index (Phi) is 8.15. The fraction of sp³-hybridized carbons (Fsp3) is 0.296. The van der Waals surface area contributed by atoms with E-state index >= 15 is 0 Å². The van der Waals surface area contributed by atoms with Crippen LogP contribution in [-0.2, 0) is 4.79 Å². The van der Waals surface area contributed by atoms with E-state index in [4.69, 9.17) is 4.74 Å². The summed E-state index contributed by atoms with van der Waals surface area (Å²) >= 11 is 0. The van der Waals surface area contributed by atoms with E-state index in [1.165, 1.54) is 24.3 Å². The predicted octanol–water partition coefficient (Wildman–Crippen LogP) is 6.92. The molecular weight excluding hydrogens is 427 g/mol. The molecule has 1 fully saturated rings. The minimum atomic E-state index is -0.902. The van der Waals surface area contributed by atoms with E-state index in [2.05, 4.69) is 0 Å². The van der Waals surface area contributed by atoms with Crippen molar-refractivity contribution in [3.8, 4) is 5.75 Å². The van der Waals surface area contributed by atoms with E-state index in [1.807, 2.05) is 32.9 Å². The summed E-state index contributed by atoms with van der Waals surface area (Å²) in [5.41, 5.74) is 1.91. The molecule has 0 radical (unpaired) electrons. The maximum atomic E-state index is 14.1. The van der Waals surface area contributed by atoms with Crippen molar-refractivity contribution in [3.63, 3.8) is 0 Å². The first-order valence-electron chi connectivity index (χ1n) is 11.1. The van der Waals surface area contributed by atoms with Crippen LogP contribution in [0.2, 0.25) is 0 Å². The summed E-state index contributed by atoms with van der Waals surface area (Å²) in [6, 6.07) is 15.6.